The van der Waals surface area contributed by atoms with Gasteiger partial charge in [-0.3, -0.25) is 4.52 Å². The molecule has 0 spiro atoms. The van der Waals surface area contributed by atoms with Gasteiger partial charge >= 0.3 is 7.82 Å². The van der Waals surface area contributed by atoms with Crippen LogP contribution in [0, 0.1) is 0 Å². The second-order valence-electron chi connectivity index (χ2n) is 8.61. The van der Waals surface area contributed by atoms with Crippen LogP contribution in [0.25, 0.3) is 0 Å². The molecule has 0 radical (unpaired) electrons. The van der Waals surface area contributed by atoms with E-state index in [1.165, 1.54) is 65.2 Å². The quantitative estimate of drug-likeness (QED) is 0.0858. The summed E-state index contributed by atoms with van der Waals surface area (Å²) in [5.41, 5.74) is -1.77. The zero-order valence-corrected chi connectivity index (χ0v) is 19.7. The van der Waals surface area contributed by atoms with Gasteiger partial charge in [0.15, 0.2) is 0 Å². The van der Waals surface area contributed by atoms with Gasteiger partial charge in [0, 0.05) is 6.42 Å². The van der Waals surface area contributed by atoms with Gasteiger partial charge in [-0.2, -0.15) is 0 Å². The van der Waals surface area contributed by atoms with Gasteiger partial charge < -0.3 is 20.0 Å². The topological polar surface area (TPSA) is 107 Å². The van der Waals surface area contributed by atoms with Gasteiger partial charge in [0.1, 0.15) is 5.60 Å². The monoisotopic (exact) mass is 436 g/mol. The van der Waals surface area contributed by atoms with E-state index in [4.69, 9.17) is 9.79 Å². The highest BCUT2D eigenvalue weighted by Gasteiger charge is 2.47. The molecule has 0 aromatic heterocycles. The van der Waals surface area contributed by atoms with E-state index in [0.29, 0.717) is 6.42 Å². The van der Waals surface area contributed by atoms with Crippen LogP contribution < -0.4 is 0 Å². The number of unbranched alkanes of at least 4 members (excludes halogenated alkanes) is 12. The molecular weight excluding hydrogens is 391 g/mol. The summed E-state index contributed by atoms with van der Waals surface area (Å²) in [5.74, 6) is -2.26. The molecule has 0 amide bonds. The number of rotatable bonds is 19. The maximum absolute atomic E-state index is 11.1. The SMILES string of the molecule is CCCCCCCC/C=C\CCCCCCCCC(O)(OP(=O)(O)O)C(C)(C)O. The van der Waals surface area contributed by atoms with Crippen molar-refractivity contribution < 1.29 is 29.1 Å². The van der Waals surface area contributed by atoms with Crippen LogP contribution in [-0.2, 0) is 9.09 Å². The molecule has 0 fully saturated rings. The number of hydrogen-bond acceptors (Lipinski definition) is 4. The predicted molar refractivity (Wildman–Crippen MR) is 118 cm³/mol. The first-order valence-corrected chi connectivity index (χ1v) is 12.9. The van der Waals surface area contributed by atoms with Gasteiger partial charge in [0.25, 0.3) is 0 Å². The third kappa shape index (κ3) is 16.2. The van der Waals surface area contributed by atoms with E-state index in [1.54, 1.807) is 0 Å². The summed E-state index contributed by atoms with van der Waals surface area (Å²) >= 11 is 0. The molecule has 0 aromatic carbocycles. The molecule has 0 aliphatic carbocycles. The Balaban J connectivity index is 3.71. The first-order valence-electron chi connectivity index (χ1n) is 11.4. The van der Waals surface area contributed by atoms with Crippen LogP contribution in [0.2, 0.25) is 0 Å². The van der Waals surface area contributed by atoms with Gasteiger partial charge in [-0.25, -0.2) is 4.57 Å². The van der Waals surface area contributed by atoms with Gasteiger partial charge in [0.05, 0.1) is 0 Å². The van der Waals surface area contributed by atoms with E-state index in [9.17, 15) is 14.8 Å². The highest BCUT2D eigenvalue weighted by molar-refractivity contribution is 7.46. The standard InChI is InChI=1S/C22H45O6P/c1-4-5-6-7-8-9-10-11-12-13-14-15-16-17-18-19-20-22(24,21(2,3)23)28-29(25,26)27/h11-12,23-24H,4-10,13-20H2,1-3H3,(H2,25,26,27)/b12-11-. The van der Waals surface area contributed by atoms with Crippen molar-refractivity contribution in [3.05, 3.63) is 12.2 Å². The van der Waals surface area contributed by atoms with Crippen molar-refractivity contribution in [1.82, 2.24) is 0 Å². The van der Waals surface area contributed by atoms with Crippen LogP contribution in [0.15, 0.2) is 12.2 Å². The average Bonchev–Trinajstić information content (AvgIpc) is 2.59. The lowest BCUT2D eigenvalue weighted by molar-refractivity contribution is -0.255. The predicted octanol–water partition coefficient (Wildman–Crippen LogP) is 5.98. The Bertz CT molecular complexity index is 468. The van der Waals surface area contributed by atoms with E-state index in [1.807, 2.05) is 0 Å². The number of aliphatic hydroxyl groups is 2. The van der Waals surface area contributed by atoms with Crippen molar-refractivity contribution in [1.29, 1.82) is 0 Å². The Labute approximate surface area is 178 Å². The van der Waals surface area contributed by atoms with Crippen molar-refractivity contribution in [2.24, 2.45) is 0 Å². The summed E-state index contributed by atoms with van der Waals surface area (Å²) in [5, 5.41) is 20.3. The third-order valence-electron chi connectivity index (χ3n) is 5.25. The zero-order chi connectivity index (χ0) is 22.2. The van der Waals surface area contributed by atoms with Crippen LogP contribution in [-0.4, -0.2) is 31.4 Å². The fraction of sp³-hybridized carbons (Fsp3) is 0.909. The van der Waals surface area contributed by atoms with Crippen LogP contribution in [0.5, 0.6) is 0 Å². The lowest BCUT2D eigenvalue weighted by Crippen LogP contribution is -2.51. The molecule has 29 heavy (non-hydrogen) atoms. The maximum atomic E-state index is 11.1. The molecule has 174 valence electrons. The van der Waals surface area contributed by atoms with Crippen molar-refractivity contribution in [3.63, 3.8) is 0 Å². The molecule has 4 N–H and O–H groups in total. The first kappa shape index (κ1) is 28.8. The number of phosphoric ester groups is 1. The Morgan fingerprint density at radius 3 is 1.59 bits per heavy atom. The highest BCUT2D eigenvalue weighted by atomic mass is 31.2. The summed E-state index contributed by atoms with van der Waals surface area (Å²) in [7, 11) is -4.89. The maximum Gasteiger partial charge on any atom is 0.472 e. The first-order chi connectivity index (χ1) is 13.5. The van der Waals surface area contributed by atoms with E-state index < -0.39 is 19.2 Å². The van der Waals surface area contributed by atoms with Crippen molar-refractivity contribution in [2.45, 2.75) is 128 Å². The molecule has 0 saturated heterocycles. The van der Waals surface area contributed by atoms with Crippen LogP contribution in [0.4, 0.5) is 0 Å². The lowest BCUT2D eigenvalue weighted by atomic mass is 9.92. The summed E-state index contributed by atoms with van der Waals surface area (Å²) in [6.07, 6.45) is 20.6. The van der Waals surface area contributed by atoms with Crippen molar-refractivity contribution >= 4 is 7.82 Å². The lowest BCUT2D eigenvalue weighted by Gasteiger charge is -2.38. The van der Waals surface area contributed by atoms with Gasteiger partial charge in [-0.05, 0) is 46.0 Å². The Morgan fingerprint density at radius 2 is 1.17 bits per heavy atom. The smallest absolute Gasteiger partial charge is 0.385 e. The van der Waals surface area contributed by atoms with E-state index >= 15 is 0 Å². The number of allylic oxidation sites excluding steroid dienone is 2. The second kappa shape index (κ2) is 15.6. The van der Waals surface area contributed by atoms with Crippen LogP contribution >= 0.6 is 7.82 Å². The molecule has 6 nitrogen and oxygen atoms in total. The zero-order valence-electron chi connectivity index (χ0n) is 18.8. The van der Waals surface area contributed by atoms with Gasteiger partial charge in [-0.15, -0.1) is 0 Å². The normalized spacial score (nSPS) is 15.1. The fourth-order valence-corrected chi connectivity index (χ4v) is 3.98. The Hall–Kier alpha value is -0.230. The van der Waals surface area contributed by atoms with Crippen LogP contribution in [0.1, 0.15) is 117 Å². The minimum Gasteiger partial charge on any atom is -0.385 e. The molecular formula is C22H45O6P. The highest BCUT2D eigenvalue weighted by Crippen LogP contribution is 2.45. The molecule has 0 aliphatic heterocycles. The molecule has 0 aromatic rings. The summed E-state index contributed by atoms with van der Waals surface area (Å²) < 4.78 is 15.5. The van der Waals surface area contributed by atoms with Gasteiger partial charge in [-0.1, -0.05) is 76.9 Å². The summed E-state index contributed by atoms with van der Waals surface area (Å²) in [4.78, 5) is 17.9. The molecule has 0 saturated carbocycles. The van der Waals surface area contributed by atoms with E-state index in [-0.39, 0.29) is 6.42 Å². The summed E-state index contributed by atoms with van der Waals surface area (Å²) in [6, 6.07) is 0. The Morgan fingerprint density at radius 1 is 0.759 bits per heavy atom. The van der Waals surface area contributed by atoms with Crippen molar-refractivity contribution in [3.8, 4) is 0 Å². The van der Waals surface area contributed by atoms with Crippen LogP contribution in [0.3, 0.4) is 0 Å². The minimum atomic E-state index is -4.89. The average molecular weight is 437 g/mol. The molecule has 1 unspecified atom stereocenters. The fourth-order valence-electron chi connectivity index (χ4n) is 3.27. The molecule has 0 rings (SSSR count). The second-order valence-corrected chi connectivity index (χ2v) is 9.78. The molecule has 0 bridgehead atoms. The largest absolute Gasteiger partial charge is 0.472 e. The molecule has 0 aliphatic rings. The van der Waals surface area contributed by atoms with Gasteiger partial charge in [0.2, 0.25) is 5.79 Å². The van der Waals surface area contributed by atoms with E-state index in [0.717, 1.165) is 32.1 Å². The molecule has 0 heterocycles. The molecule has 1 atom stereocenters. The summed E-state index contributed by atoms with van der Waals surface area (Å²) in [6.45, 7) is 4.80. The third-order valence-corrected chi connectivity index (χ3v) is 5.79. The molecule has 7 heteroatoms. The van der Waals surface area contributed by atoms with Crippen molar-refractivity contribution in [2.75, 3.05) is 0 Å². The Kier molecular flexibility index (Phi) is 15.4. The minimum absolute atomic E-state index is 0.0250. The number of phosphoric acid groups is 1. The van der Waals surface area contributed by atoms with E-state index in [2.05, 4.69) is 23.6 Å². The number of hydrogen-bond donors (Lipinski definition) is 4.